The Bertz CT molecular complexity index is 1110. The van der Waals surface area contributed by atoms with Gasteiger partial charge in [-0.25, -0.2) is 9.98 Å². The van der Waals surface area contributed by atoms with Crippen molar-refractivity contribution in [3.63, 3.8) is 0 Å². The van der Waals surface area contributed by atoms with Gasteiger partial charge >= 0.3 is 0 Å². The summed E-state index contributed by atoms with van der Waals surface area (Å²) in [6.07, 6.45) is 1.80. The third kappa shape index (κ3) is 3.01. The number of halogens is 2. The van der Waals surface area contributed by atoms with Crippen molar-refractivity contribution >= 4 is 34.7 Å². The lowest BCUT2D eigenvalue weighted by Gasteiger charge is -2.24. The van der Waals surface area contributed by atoms with E-state index in [1.807, 2.05) is 62.0 Å². The van der Waals surface area contributed by atoms with E-state index >= 15 is 0 Å². The van der Waals surface area contributed by atoms with Crippen molar-refractivity contribution in [3.05, 3.63) is 75.5 Å². The van der Waals surface area contributed by atoms with Crippen LogP contribution in [0, 0.1) is 6.92 Å². The lowest BCUT2D eigenvalue weighted by Crippen LogP contribution is -2.23. The van der Waals surface area contributed by atoms with E-state index in [0.29, 0.717) is 21.6 Å². The quantitative estimate of drug-likeness (QED) is 0.676. The number of nitrogens with two attached hydrogens (primary N) is 1. The number of amidine groups is 1. The van der Waals surface area contributed by atoms with Crippen LogP contribution in [0.1, 0.15) is 23.7 Å². The largest absolute Gasteiger partial charge is 0.382 e. The molecule has 0 bridgehead atoms. The van der Waals surface area contributed by atoms with Gasteiger partial charge in [-0.15, -0.1) is 0 Å². The zero-order valence-corrected chi connectivity index (χ0v) is 17.3. The molecule has 0 radical (unpaired) electrons. The average molecular weight is 412 g/mol. The summed E-state index contributed by atoms with van der Waals surface area (Å²) in [5.41, 5.74) is 10.6. The molecule has 0 spiro atoms. The van der Waals surface area contributed by atoms with Crippen LogP contribution < -0.4 is 5.73 Å². The Morgan fingerprint density at radius 1 is 0.964 bits per heavy atom. The van der Waals surface area contributed by atoms with E-state index in [1.54, 1.807) is 12.3 Å². The number of aryl methyl sites for hydroxylation is 1. The highest BCUT2D eigenvalue weighted by atomic mass is 35.5. The molecule has 28 heavy (non-hydrogen) atoms. The molecule has 2 aromatic carbocycles. The van der Waals surface area contributed by atoms with Crippen LogP contribution in [0.15, 0.2) is 58.6 Å². The number of benzene rings is 2. The molecular formula is C21H19Cl2N5. The summed E-state index contributed by atoms with van der Waals surface area (Å²) in [6.45, 7) is 3.87. The van der Waals surface area contributed by atoms with Gasteiger partial charge in [0.05, 0.1) is 11.9 Å². The van der Waals surface area contributed by atoms with Gasteiger partial charge in [-0.2, -0.15) is 5.10 Å². The third-order valence-electron chi connectivity index (χ3n) is 5.05. The van der Waals surface area contributed by atoms with Gasteiger partial charge in [0.1, 0.15) is 5.84 Å². The van der Waals surface area contributed by atoms with E-state index in [4.69, 9.17) is 38.9 Å². The molecule has 142 valence electrons. The van der Waals surface area contributed by atoms with Crippen LogP contribution in [0.4, 0.5) is 0 Å². The Kier molecular flexibility index (Phi) is 4.52. The second-order valence-electron chi connectivity index (χ2n) is 6.87. The molecule has 1 aliphatic heterocycles. The van der Waals surface area contributed by atoms with Gasteiger partial charge in [-0.05, 0) is 49.2 Å². The molecular weight excluding hydrogens is 393 g/mol. The summed E-state index contributed by atoms with van der Waals surface area (Å²) in [4.78, 5) is 9.64. The van der Waals surface area contributed by atoms with Gasteiger partial charge < -0.3 is 5.73 Å². The van der Waals surface area contributed by atoms with E-state index in [0.717, 1.165) is 27.9 Å². The van der Waals surface area contributed by atoms with E-state index in [2.05, 4.69) is 5.10 Å². The molecule has 2 heterocycles. The molecule has 1 unspecified atom stereocenters. The number of aliphatic imine (C=N–C) groups is 2. The number of hydrogen-bond donors (Lipinski definition) is 1. The molecule has 5 nitrogen and oxygen atoms in total. The maximum Gasteiger partial charge on any atom is 0.207 e. The molecule has 1 aromatic heterocycles. The molecule has 0 saturated heterocycles. The van der Waals surface area contributed by atoms with Crippen LogP contribution in [0.25, 0.3) is 11.1 Å². The highest BCUT2D eigenvalue weighted by molar-refractivity contribution is 6.41. The first-order chi connectivity index (χ1) is 13.3. The van der Waals surface area contributed by atoms with E-state index in [1.165, 1.54) is 0 Å². The minimum Gasteiger partial charge on any atom is -0.382 e. The van der Waals surface area contributed by atoms with E-state index in [-0.39, 0.29) is 0 Å². The SMILES string of the molecule is CC1=NC(c2cccc(-c3cc(Cl)cc(Cl)c3)c2)(c2cnn(C)c2C)N=C1N. The molecule has 3 aromatic rings. The van der Waals surface area contributed by atoms with Crippen molar-refractivity contribution in [1.29, 1.82) is 0 Å². The molecule has 0 fully saturated rings. The van der Waals surface area contributed by atoms with Gasteiger partial charge in [0.15, 0.2) is 0 Å². The lowest BCUT2D eigenvalue weighted by molar-refractivity contribution is 0.581. The second kappa shape index (κ2) is 6.76. The third-order valence-corrected chi connectivity index (χ3v) is 5.49. The Morgan fingerprint density at radius 3 is 2.25 bits per heavy atom. The highest BCUT2D eigenvalue weighted by Crippen LogP contribution is 2.41. The second-order valence-corrected chi connectivity index (χ2v) is 7.75. The fraction of sp³-hybridized carbons (Fsp3) is 0.190. The van der Waals surface area contributed by atoms with Crippen LogP contribution >= 0.6 is 23.2 Å². The Morgan fingerprint density at radius 2 is 1.68 bits per heavy atom. The van der Waals surface area contributed by atoms with Crippen LogP contribution in [0.5, 0.6) is 0 Å². The molecule has 1 aliphatic rings. The Labute approximate surface area is 173 Å². The molecule has 2 N–H and O–H groups in total. The zero-order valence-electron chi connectivity index (χ0n) is 15.7. The van der Waals surface area contributed by atoms with Gasteiger partial charge in [-0.3, -0.25) is 4.68 Å². The van der Waals surface area contributed by atoms with Crippen molar-refractivity contribution in [1.82, 2.24) is 9.78 Å². The predicted molar refractivity (Wildman–Crippen MR) is 115 cm³/mol. The first-order valence-electron chi connectivity index (χ1n) is 8.78. The van der Waals surface area contributed by atoms with Gasteiger partial charge in [-0.1, -0.05) is 41.4 Å². The summed E-state index contributed by atoms with van der Waals surface area (Å²) >= 11 is 12.4. The van der Waals surface area contributed by atoms with E-state index < -0.39 is 5.66 Å². The smallest absolute Gasteiger partial charge is 0.207 e. The summed E-state index contributed by atoms with van der Waals surface area (Å²) in [6, 6.07) is 13.5. The van der Waals surface area contributed by atoms with Gasteiger partial charge in [0.25, 0.3) is 0 Å². The summed E-state index contributed by atoms with van der Waals surface area (Å²) in [5, 5.41) is 5.56. The predicted octanol–water partition coefficient (Wildman–Crippen LogP) is 4.74. The number of nitrogens with zero attached hydrogens (tertiary/aromatic N) is 4. The summed E-state index contributed by atoms with van der Waals surface area (Å²) in [5.74, 6) is 0.430. The maximum absolute atomic E-state index is 6.20. The van der Waals surface area contributed by atoms with Crippen molar-refractivity contribution < 1.29 is 0 Å². The molecule has 0 aliphatic carbocycles. The van der Waals surface area contributed by atoms with Crippen molar-refractivity contribution in [2.75, 3.05) is 0 Å². The molecule has 0 saturated carbocycles. The van der Waals surface area contributed by atoms with Gasteiger partial charge in [0.2, 0.25) is 5.66 Å². The number of aromatic nitrogens is 2. The van der Waals surface area contributed by atoms with Gasteiger partial charge in [0, 0.05) is 33.9 Å². The van der Waals surface area contributed by atoms with Crippen LogP contribution in [0.3, 0.4) is 0 Å². The summed E-state index contributed by atoms with van der Waals surface area (Å²) in [7, 11) is 1.90. The van der Waals surface area contributed by atoms with E-state index in [9.17, 15) is 0 Å². The minimum absolute atomic E-state index is 0.430. The normalized spacial score (nSPS) is 18.9. The Hall–Kier alpha value is -2.63. The monoisotopic (exact) mass is 411 g/mol. The van der Waals surface area contributed by atoms with Crippen molar-refractivity contribution in [2.45, 2.75) is 19.5 Å². The lowest BCUT2D eigenvalue weighted by atomic mass is 9.90. The molecule has 4 rings (SSSR count). The van der Waals surface area contributed by atoms with Crippen LogP contribution in [-0.2, 0) is 12.7 Å². The fourth-order valence-electron chi connectivity index (χ4n) is 3.46. The molecule has 1 atom stereocenters. The maximum atomic E-state index is 6.20. The van der Waals surface area contributed by atoms with Crippen molar-refractivity contribution in [3.8, 4) is 11.1 Å². The Balaban J connectivity index is 1.94. The first kappa shape index (κ1) is 18.7. The topological polar surface area (TPSA) is 68.6 Å². The van der Waals surface area contributed by atoms with Crippen LogP contribution in [-0.4, -0.2) is 21.3 Å². The molecule has 0 amide bonds. The number of hydrogen-bond acceptors (Lipinski definition) is 4. The molecule has 7 heteroatoms. The van der Waals surface area contributed by atoms with Crippen LogP contribution in [0.2, 0.25) is 10.0 Å². The zero-order chi connectivity index (χ0) is 20.1. The summed E-state index contributed by atoms with van der Waals surface area (Å²) < 4.78 is 1.81. The highest BCUT2D eigenvalue weighted by Gasteiger charge is 2.40. The number of rotatable bonds is 3. The average Bonchev–Trinajstić information content (AvgIpc) is 3.14. The minimum atomic E-state index is -0.953. The van der Waals surface area contributed by atoms with Crippen molar-refractivity contribution in [2.24, 2.45) is 22.8 Å². The first-order valence-corrected chi connectivity index (χ1v) is 9.54. The standard InChI is InChI=1S/C21H19Cl2N5/c1-12-20(24)27-21(26-12,19-11-25-28(3)13(19)2)16-6-4-5-14(7-16)15-8-17(22)10-18(23)9-15/h4-11H,1-3H3,(H2,24,27). The fourth-order valence-corrected chi connectivity index (χ4v) is 3.99.